The Morgan fingerprint density at radius 3 is 1.53 bits per heavy atom. The van der Waals surface area contributed by atoms with E-state index in [1.54, 1.807) is 0 Å². The molecule has 0 aliphatic rings. The molecule has 12 aromatic rings. The number of para-hydroxylation sites is 1. The fourth-order valence-corrected chi connectivity index (χ4v) is 9.09. The summed E-state index contributed by atoms with van der Waals surface area (Å²) >= 11 is 0. The van der Waals surface area contributed by atoms with Gasteiger partial charge in [-0.1, -0.05) is 97.1 Å². The fraction of sp³-hybridized carbons (Fsp3) is 0. The maximum atomic E-state index is 7.77. The predicted molar refractivity (Wildman–Crippen MR) is 231 cm³/mol. The molecule has 55 heavy (non-hydrogen) atoms. The zero-order chi connectivity index (χ0) is 36.2. The van der Waals surface area contributed by atoms with Crippen LogP contribution in [0.25, 0.3) is 120 Å². The summed E-state index contributed by atoms with van der Waals surface area (Å²) in [6, 6.07) is 61.3. The lowest BCUT2D eigenvalue weighted by Crippen LogP contribution is -1.93. The second-order valence-electron chi connectivity index (χ2n) is 14.7. The number of hydrogen-bond donors (Lipinski definition) is 0. The van der Waals surface area contributed by atoms with E-state index in [0.717, 1.165) is 44.5 Å². The van der Waals surface area contributed by atoms with Gasteiger partial charge in [-0.2, -0.15) is 0 Å². The first-order chi connectivity index (χ1) is 27.2. The third-order valence-electron chi connectivity index (χ3n) is 11.6. The molecule has 0 atom stereocenters. The van der Waals surface area contributed by atoms with E-state index in [9.17, 15) is 0 Å². The van der Waals surface area contributed by atoms with Gasteiger partial charge in [-0.3, -0.25) is 4.98 Å². The van der Waals surface area contributed by atoms with Gasteiger partial charge in [0.1, 0.15) is 0 Å². The quantitative estimate of drug-likeness (QED) is 0.133. The summed E-state index contributed by atoms with van der Waals surface area (Å²) in [4.78, 5) is 8.87. The molecule has 3 nitrogen and oxygen atoms in total. The maximum Gasteiger partial charge on any atom is 0.189 e. The molecule has 3 heteroatoms. The zero-order valence-electron chi connectivity index (χ0n) is 29.6. The van der Waals surface area contributed by atoms with Gasteiger partial charge in [0.25, 0.3) is 0 Å². The number of aromatic nitrogens is 2. The molecule has 0 fully saturated rings. The van der Waals surface area contributed by atoms with Gasteiger partial charge in [-0.05, 0) is 143 Å². The van der Waals surface area contributed by atoms with Gasteiger partial charge in [-0.25, -0.2) is 4.85 Å². The molecule has 10 aromatic carbocycles. The van der Waals surface area contributed by atoms with Gasteiger partial charge in [0.2, 0.25) is 0 Å². The Kier molecular flexibility index (Phi) is 6.12. The van der Waals surface area contributed by atoms with Crippen molar-refractivity contribution in [1.29, 1.82) is 0 Å². The average molecular weight is 696 g/mol. The van der Waals surface area contributed by atoms with Gasteiger partial charge >= 0.3 is 0 Å². The van der Waals surface area contributed by atoms with Crippen LogP contribution < -0.4 is 0 Å². The molecule has 252 valence electrons. The minimum Gasteiger partial charge on any atom is -0.310 e. The third kappa shape index (κ3) is 4.46. The molecular formula is C52H29N3. The van der Waals surface area contributed by atoms with E-state index in [1.165, 1.54) is 70.4 Å². The predicted octanol–water partition coefficient (Wildman–Crippen LogP) is 14.4. The van der Waals surface area contributed by atoms with E-state index in [0.29, 0.717) is 5.69 Å². The van der Waals surface area contributed by atoms with Crippen LogP contribution in [0.4, 0.5) is 5.69 Å². The van der Waals surface area contributed by atoms with Crippen molar-refractivity contribution in [2.24, 2.45) is 0 Å². The highest BCUT2D eigenvalue weighted by Crippen LogP contribution is 2.44. The third-order valence-corrected chi connectivity index (χ3v) is 11.6. The molecule has 12 rings (SSSR count). The van der Waals surface area contributed by atoms with Crippen molar-refractivity contribution in [2.45, 2.75) is 0 Å². The molecule has 0 aliphatic heterocycles. The Labute approximate surface area is 316 Å². The number of fused-ring (bicyclic) bond motifs is 1. The fourth-order valence-electron chi connectivity index (χ4n) is 9.09. The van der Waals surface area contributed by atoms with Gasteiger partial charge < -0.3 is 4.57 Å². The maximum absolute atomic E-state index is 7.77. The molecule has 0 spiro atoms. The topological polar surface area (TPSA) is 22.2 Å². The van der Waals surface area contributed by atoms with Gasteiger partial charge in [0.15, 0.2) is 5.69 Å². The van der Waals surface area contributed by atoms with Gasteiger partial charge in [0, 0.05) is 39.3 Å². The highest BCUT2D eigenvalue weighted by molar-refractivity contribution is 6.26. The lowest BCUT2D eigenvalue weighted by Gasteiger charge is -2.15. The van der Waals surface area contributed by atoms with Crippen molar-refractivity contribution in [2.75, 3.05) is 0 Å². The summed E-state index contributed by atoms with van der Waals surface area (Å²) in [5, 5.41) is 14.8. The van der Waals surface area contributed by atoms with Crippen LogP contribution >= 0.6 is 0 Å². The van der Waals surface area contributed by atoms with Crippen molar-refractivity contribution in [3.63, 3.8) is 0 Å². The van der Waals surface area contributed by atoms with Crippen molar-refractivity contribution < 1.29 is 0 Å². The van der Waals surface area contributed by atoms with Crippen LogP contribution in [0, 0.1) is 6.57 Å². The highest BCUT2D eigenvalue weighted by atomic mass is 15.0. The van der Waals surface area contributed by atoms with Crippen LogP contribution in [0.5, 0.6) is 0 Å². The molecule has 0 N–H and O–H groups in total. The Morgan fingerprint density at radius 2 is 0.891 bits per heavy atom. The van der Waals surface area contributed by atoms with Crippen LogP contribution in [-0.4, -0.2) is 9.55 Å². The Balaban J connectivity index is 0.951. The lowest BCUT2D eigenvalue weighted by molar-refractivity contribution is 1.18. The van der Waals surface area contributed by atoms with Gasteiger partial charge in [0.05, 0.1) is 17.8 Å². The number of nitrogens with zero attached hydrogens (tertiary/aromatic N) is 3. The SMILES string of the molecule is [C-]#[N+]c1cc2ccc3cc(-c4ccc(-c5cc6ccc7cc(-c8ccc9ccccc9c8)cc8ccc(c5)c6c78)nc4)cc4c3c2c(c1)n4-c1ccccc1. The van der Waals surface area contributed by atoms with Crippen molar-refractivity contribution in [3.05, 3.63) is 187 Å². The monoisotopic (exact) mass is 695 g/mol. The first-order valence-corrected chi connectivity index (χ1v) is 18.6. The number of hydrogen-bond acceptors (Lipinski definition) is 1. The second kappa shape index (κ2) is 11.2. The van der Waals surface area contributed by atoms with E-state index in [4.69, 9.17) is 11.6 Å². The standard InChI is InChI=1S/C52H29N3/c1-53-44-27-39-18-17-38-24-42(28-47-51(38)52(39)48(29-44)55(47)45-9-3-2-4-10-45)40-19-20-46(54-30-40)43-25-36-15-13-34-22-41(23-35-14-16-37(26-43)50(36)49(34)35)33-12-11-31-7-5-6-8-32(31)21-33/h2-30H. The molecule has 2 aromatic heterocycles. The first kappa shape index (κ1) is 30.0. The summed E-state index contributed by atoms with van der Waals surface area (Å²) in [5.41, 5.74) is 10.6. The Morgan fingerprint density at radius 1 is 0.382 bits per heavy atom. The number of rotatable bonds is 4. The molecule has 0 bridgehead atoms. The minimum atomic E-state index is 0.647. The van der Waals surface area contributed by atoms with E-state index in [1.807, 2.05) is 24.4 Å². The molecular weight excluding hydrogens is 667 g/mol. The van der Waals surface area contributed by atoms with Crippen LogP contribution in [0.2, 0.25) is 0 Å². The van der Waals surface area contributed by atoms with E-state index in [2.05, 4.69) is 161 Å². The van der Waals surface area contributed by atoms with Crippen LogP contribution in [-0.2, 0) is 0 Å². The largest absolute Gasteiger partial charge is 0.310 e. The highest BCUT2D eigenvalue weighted by Gasteiger charge is 2.19. The first-order valence-electron chi connectivity index (χ1n) is 18.6. The van der Waals surface area contributed by atoms with Crippen molar-refractivity contribution in [3.8, 4) is 39.2 Å². The van der Waals surface area contributed by atoms with E-state index in [-0.39, 0.29) is 0 Å². The Hall–Kier alpha value is -7.54. The lowest BCUT2D eigenvalue weighted by atomic mass is 9.89. The average Bonchev–Trinajstić information content (AvgIpc) is 3.59. The van der Waals surface area contributed by atoms with Crippen LogP contribution in [0.1, 0.15) is 0 Å². The zero-order valence-corrected chi connectivity index (χ0v) is 29.6. The number of pyridine rings is 1. The molecule has 2 heterocycles. The van der Waals surface area contributed by atoms with Crippen molar-refractivity contribution in [1.82, 2.24) is 9.55 Å². The summed E-state index contributed by atoms with van der Waals surface area (Å²) in [6.07, 6.45) is 2.01. The van der Waals surface area contributed by atoms with E-state index < -0.39 is 0 Å². The van der Waals surface area contributed by atoms with Crippen molar-refractivity contribution >= 4 is 81.4 Å². The molecule has 0 radical (unpaired) electrons. The normalized spacial score (nSPS) is 12.0. The molecule has 0 aliphatic carbocycles. The minimum absolute atomic E-state index is 0.647. The molecule has 0 amide bonds. The summed E-state index contributed by atoms with van der Waals surface area (Å²) in [7, 11) is 0. The van der Waals surface area contributed by atoms with Crippen LogP contribution in [0.3, 0.4) is 0 Å². The molecule has 0 unspecified atom stereocenters. The smallest absolute Gasteiger partial charge is 0.189 e. The summed E-state index contributed by atoms with van der Waals surface area (Å²) < 4.78 is 2.30. The van der Waals surface area contributed by atoms with Crippen LogP contribution in [0.15, 0.2) is 176 Å². The second-order valence-corrected chi connectivity index (χ2v) is 14.7. The van der Waals surface area contributed by atoms with Gasteiger partial charge in [-0.15, -0.1) is 0 Å². The molecule has 0 saturated heterocycles. The van der Waals surface area contributed by atoms with E-state index >= 15 is 0 Å². The Bertz CT molecular complexity index is 3470. The molecule has 0 saturated carbocycles. The number of benzene rings is 10. The summed E-state index contributed by atoms with van der Waals surface area (Å²) in [6.45, 7) is 7.77. The summed E-state index contributed by atoms with van der Waals surface area (Å²) in [5.74, 6) is 0.